The van der Waals surface area contributed by atoms with Gasteiger partial charge in [-0.25, -0.2) is 4.98 Å². The Bertz CT molecular complexity index is 809. The van der Waals surface area contributed by atoms with Gasteiger partial charge in [0.15, 0.2) is 11.5 Å². The summed E-state index contributed by atoms with van der Waals surface area (Å²) >= 11 is 1.52. The van der Waals surface area contributed by atoms with Crippen LogP contribution >= 0.6 is 11.3 Å². The van der Waals surface area contributed by atoms with E-state index >= 15 is 0 Å². The van der Waals surface area contributed by atoms with Gasteiger partial charge in [0.1, 0.15) is 6.10 Å². The van der Waals surface area contributed by atoms with Crippen LogP contribution in [0.15, 0.2) is 23.0 Å². The van der Waals surface area contributed by atoms with Crippen molar-refractivity contribution in [2.45, 2.75) is 31.8 Å². The zero-order chi connectivity index (χ0) is 16.5. The molecule has 0 bridgehead atoms. The van der Waals surface area contributed by atoms with Crippen molar-refractivity contribution in [3.63, 3.8) is 0 Å². The average Bonchev–Trinajstić information content (AvgIpc) is 3.25. The fourth-order valence-corrected chi connectivity index (χ4v) is 3.85. The largest absolute Gasteiger partial charge is 0.385 e. The molecule has 1 aliphatic heterocycles. The minimum Gasteiger partial charge on any atom is -0.385 e. The molecule has 1 atom stereocenters. The first-order valence-electron chi connectivity index (χ1n) is 8.18. The molecule has 0 saturated carbocycles. The Morgan fingerprint density at radius 3 is 2.88 bits per heavy atom. The van der Waals surface area contributed by atoms with E-state index in [0.717, 1.165) is 48.8 Å². The molecule has 1 saturated heterocycles. The predicted octanol–water partition coefficient (Wildman–Crippen LogP) is 1.80. The maximum Gasteiger partial charge on any atom is 0.177 e. The van der Waals surface area contributed by atoms with Crippen LogP contribution in [0, 0.1) is 6.92 Å². The lowest BCUT2D eigenvalue weighted by molar-refractivity contribution is 0.0940. The molecule has 1 N–H and O–H groups in total. The molecule has 8 heteroatoms. The Balaban J connectivity index is 1.41. The second-order valence-corrected chi connectivity index (χ2v) is 7.03. The van der Waals surface area contributed by atoms with Gasteiger partial charge in [-0.2, -0.15) is 9.61 Å². The fourth-order valence-electron chi connectivity index (χ4n) is 3.25. The van der Waals surface area contributed by atoms with E-state index in [1.165, 1.54) is 11.3 Å². The summed E-state index contributed by atoms with van der Waals surface area (Å²) in [6.45, 7) is 4.49. The molecule has 4 heterocycles. The Morgan fingerprint density at radius 2 is 2.12 bits per heavy atom. The number of aliphatic hydroxyl groups excluding tert-OH is 1. The van der Waals surface area contributed by atoms with E-state index in [2.05, 4.69) is 25.2 Å². The Morgan fingerprint density at radius 1 is 1.29 bits per heavy atom. The number of aromatic nitrogens is 5. The molecule has 3 aromatic rings. The summed E-state index contributed by atoms with van der Waals surface area (Å²) in [5.74, 6) is 1.32. The van der Waals surface area contributed by atoms with Crippen molar-refractivity contribution in [2.75, 3.05) is 19.6 Å². The molecule has 3 aromatic heterocycles. The van der Waals surface area contributed by atoms with E-state index < -0.39 is 6.10 Å². The number of aryl methyl sites for hydroxylation is 1. The minimum absolute atomic E-state index is 0.363. The first-order valence-corrected chi connectivity index (χ1v) is 9.12. The average molecular weight is 344 g/mol. The molecule has 126 valence electrons. The molecule has 0 radical (unpaired) electrons. The van der Waals surface area contributed by atoms with Crippen molar-refractivity contribution >= 4 is 17.0 Å². The van der Waals surface area contributed by atoms with Crippen molar-refractivity contribution < 1.29 is 5.11 Å². The summed E-state index contributed by atoms with van der Waals surface area (Å²) < 4.78 is 1.87. The van der Waals surface area contributed by atoms with Crippen molar-refractivity contribution in [3.05, 3.63) is 40.2 Å². The zero-order valence-corrected chi connectivity index (χ0v) is 14.4. The topological polar surface area (TPSA) is 79.4 Å². The molecule has 0 amide bonds. The summed E-state index contributed by atoms with van der Waals surface area (Å²) in [6.07, 6.45) is 1.49. The molecule has 0 spiro atoms. The monoisotopic (exact) mass is 344 g/mol. The van der Waals surface area contributed by atoms with Gasteiger partial charge in [-0.1, -0.05) is 0 Å². The maximum atomic E-state index is 10.2. The van der Waals surface area contributed by atoms with Gasteiger partial charge in [0.25, 0.3) is 0 Å². The number of aliphatic hydroxyl groups is 1. The molecular formula is C16H20N6OS. The molecule has 7 nitrogen and oxygen atoms in total. The first kappa shape index (κ1) is 15.6. The van der Waals surface area contributed by atoms with Crippen LogP contribution in [-0.4, -0.2) is 54.4 Å². The number of piperidine rings is 1. The van der Waals surface area contributed by atoms with Gasteiger partial charge in [-0.3, -0.25) is 0 Å². The van der Waals surface area contributed by atoms with E-state index in [0.29, 0.717) is 12.5 Å². The third-order valence-electron chi connectivity index (χ3n) is 4.60. The highest BCUT2D eigenvalue weighted by Gasteiger charge is 2.26. The van der Waals surface area contributed by atoms with E-state index in [-0.39, 0.29) is 0 Å². The smallest absolute Gasteiger partial charge is 0.177 e. The first-order chi connectivity index (χ1) is 11.7. The van der Waals surface area contributed by atoms with Gasteiger partial charge in [-0.05, 0) is 45.0 Å². The number of hydrogen-bond acceptors (Lipinski definition) is 7. The maximum absolute atomic E-state index is 10.2. The van der Waals surface area contributed by atoms with Crippen LogP contribution in [0.2, 0.25) is 0 Å². The van der Waals surface area contributed by atoms with Gasteiger partial charge in [0.2, 0.25) is 0 Å². The quantitative estimate of drug-likeness (QED) is 0.777. The van der Waals surface area contributed by atoms with Crippen LogP contribution < -0.4 is 0 Å². The van der Waals surface area contributed by atoms with Crippen LogP contribution in [0.25, 0.3) is 5.65 Å². The predicted molar refractivity (Wildman–Crippen MR) is 91.0 cm³/mol. The van der Waals surface area contributed by atoms with E-state index in [9.17, 15) is 5.11 Å². The second kappa shape index (κ2) is 6.54. The number of hydrogen-bond donors (Lipinski definition) is 1. The summed E-state index contributed by atoms with van der Waals surface area (Å²) in [5.41, 5.74) is 4.30. The molecule has 0 aromatic carbocycles. The van der Waals surface area contributed by atoms with Crippen LogP contribution in [0.4, 0.5) is 0 Å². The summed E-state index contributed by atoms with van der Waals surface area (Å²) in [6, 6.07) is 3.91. The van der Waals surface area contributed by atoms with Crippen molar-refractivity contribution in [1.29, 1.82) is 0 Å². The summed E-state index contributed by atoms with van der Waals surface area (Å²) in [7, 11) is 0. The van der Waals surface area contributed by atoms with Crippen LogP contribution in [0.5, 0.6) is 0 Å². The molecule has 0 aliphatic carbocycles. The van der Waals surface area contributed by atoms with E-state index in [1.807, 2.05) is 29.0 Å². The second-order valence-electron chi connectivity index (χ2n) is 6.31. The van der Waals surface area contributed by atoms with Gasteiger partial charge < -0.3 is 10.0 Å². The number of thiazole rings is 1. The Hall–Kier alpha value is -1.90. The van der Waals surface area contributed by atoms with Crippen molar-refractivity contribution in [1.82, 2.24) is 29.7 Å². The van der Waals surface area contributed by atoms with Crippen LogP contribution in [0.3, 0.4) is 0 Å². The fraction of sp³-hybridized carbons (Fsp3) is 0.500. The van der Waals surface area contributed by atoms with Gasteiger partial charge in [0.05, 0.1) is 16.9 Å². The van der Waals surface area contributed by atoms with Gasteiger partial charge in [-0.15, -0.1) is 21.5 Å². The lowest BCUT2D eigenvalue weighted by Gasteiger charge is -2.32. The standard InChI is InChI=1S/C16H20N6OS/c1-11-2-3-15-18-19-16(22(15)20-11)12-4-6-21(7-5-12)8-14(23)13-9-24-10-17-13/h2-3,9-10,12,14,23H,4-8H2,1H3. The SMILES string of the molecule is Cc1ccc2nnc(C3CCN(CC(O)c4cscn4)CC3)n2n1. The normalized spacial score (nSPS) is 18.2. The highest BCUT2D eigenvalue weighted by molar-refractivity contribution is 7.07. The third kappa shape index (κ3) is 3.04. The van der Waals surface area contributed by atoms with Crippen LogP contribution in [-0.2, 0) is 0 Å². The number of likely N-dealkylation sites (tertiary alicyclic amines) is 1. The molecular weight excluding hydrogens is 324 g/mol. The summed E-state index contributed by atoms with van der Waals surface area (Å²) in [5, 5.41) is 25.3. The molecule has 1 aliphatic rings. The molecule has 4 rings (SSSR count). The van der Waals surface area contributed by atoms with Crippen molar-refractivity contribution in [2.24, 2.45) is 0 Å². The highest BCUT2D eigenvalue weighted by atomic mass is 32.1. The zero-order valence-electron chi connectivity index (χ0n) is 13.5. The third-order valence-corrected chi connectivity index (χ3v) is 5.20. The van der Waals surface area contributed by atoms with Crippen molar-refractivity contribution in [3.8, 4) is 0 Å². The van der Waals surface area contributed by atoms with Gasteiger partial charge >= 0.3 is 0 Å². The number of fused-ring (bicyclic) bond motifs is 1. The number of rotatable bonds is 4. The van der Waals surface area contributed by atoms with E-state index in [4.69, 9.17) is 0 Å². The minimum atomic E-state index is -0.508. The lowest BCUT2D eigenvalue weighted by Crippen LogP contribution is -2.36. The number of nitrogens with zero attached hydrogens (tertiary/aromatic N) is 6. The van der Waals surface area contributed by atoms with E-state index in [1.54, 1.807) is 5.51 Å². The lowest BCUT2D eigenvalue weighted by atomic mass is 9.96. The molecule has 1 fully saturated rings. The summed E-state index contributed by atoms with van der Waals surface area (Å²) in [4.78, 5) is 6.49. The highest BCUT2D eigenvalue weighted by Crippen LogP contribution is 2.27. The Labute approximate surface area is 144 Å². The number of β-amino-alcohol motifs (C(OH)–C–C–N with tert-alkyl or cyclic N) is 1. The van der Waals surface area contributed by atoms with Gasteiger partial charge in [0, 0.05) is 17.8 Å². The molecule has 24 heavy (non-hydrogen) atoms. The van der Waals surface area contributed by atoms with Crippen LogP contribution in [0.1, 0.15) is 42.1 Å². The molecule has 1 unspecified atom stereocenters. The Kier molecular flexibility index (Phi) is 4.26.